The normalized spacial score (nSPS) is 26.1. The van der Waals surface area contributed by atoms with E-state index < -0.39 is 0 Å². The Morgan fingerprint density at radius 3 is 2.80 bits per heavy atom. The molecule has 2 unspecified atom stereocenters. The van der Waals surface area contributed by atoms with Crippen LogP contribution >= 0.6 is 11.3 Å². The molecule has 0 spiro atoms. The van der Waals surface area contributed by atoms with Gasteiger partial charge in [0, 0.05) is 10.9 Å². The third kappa shape index (κ3) is 4.89. The molecule has 1 N–H and O–H groups in total. The highest BCUT2D eigenvalue weighted by molar-refractivity contribution is 7.09. The van der Waals surface area contributed by atoms with Crippen molar-refractivity contribution in [3.8, 4) is 0 Å². The van der Waals surface area contributed by atoms with Crippen molar-refractivity contribution in [3.05, 3.63) is 22.4 Å². The zero-order chi connectivity index (χ0) is 14.6. The first-order valence-corrected chi connectivity index (χ1v) is 9.10. The van der Waals surface area contributed by atoms with Gasteiger partial charge in [-0.1, -0.05) is 33.8 Å². The second kappa shape index (κ2) is 7.09. The first-order chi connectivity index (χ1) is 9.46. The van der Waals surface area contributed by atoms with Crippen molar-refractivity contribution in [2.45, 2.75) is 65.8 Å². The summed E-state index contributed by atoms with van der Waals surface area (Å²) in [6.07, 6.45) is 6.85. The Morgan fingerprint density at radius 1 is 1.35 bits per heavy atom. The number of hydrogen-bond donors (Lipinski definition) is 1. The molecule has 1 aliphatic rings. The molecule has 2 rings (SSSR count). The summed E-state index contributed by atoms with van der Waals surface area (Å²) >= 11 is 1.92. The molecule has 0 radical (unpaired) electrons. The van der Waals surface area contributed by atoms with E-state index >= 15 is 0 Å². The fourth-order valence-corrected chi connectivity index (χ4v) is 4.29. The molecule has 0 amide bonds. The fraction of sp³-hybridized carbons (Fsp3) is 0.778. The Bertz CT molecular complexity index is 378. The molecular weight excluding hydrogens is 262 g/mol. The summed E-state index contributed by atoms with van der Waals surface area (Å²) in [6, 6.07) is 5.09. The highest BCUT2D eigenvalue weighted by Crippen LogP contribution is 2.43. The van der Waals surface area contributed by atoms with E-state index in [0.717, 1.165) is 11.8 Å². The summed E-state index contributed by atoms with van der Waals surface area (Å²) in [6.45, 7) is 10.6. The zero-order valence-corrected chi connectivity index (χ0v) is 14.4. The van der Waals surface area contributed by atoms with Gasteiger partial charge in [-0.05, 0) is 67.3 Å². The van der Waals surface area contributed by atoms with Gasteiger partial charge >= 0.3 is 0 Å². The van der Waals surface area contributed by atoms with Crippen LogP contribution in [0.25, 0.3) is 0 Å². The number of aryl methyl sites for hydroxylation is 1. The Balaban J connectivity index is 1.91. The average molecular weight is 294 g/mol. The van der Waals surface area contributed by atoms with Crippen molar-refractivity contribution < 1.29 is 0 Å². The maximum atomic E-state index is 3.67. The predicted octanol–water partition coefficient (Wildman–Crippen LogP) is 5.12. The molecular formula is C18H31NS. The monoisotopic (exact) mass is 293 g/mol. The minimum absolute atomic E-state index is 0.550. The van der Waals surface area contributed by atoms with E-state index in [2.05, 4.69) is 50.5 Å². The van der Waals surface area contributed by atoms with E-state index in [9.17, 15) is 0 Å². The topological polar surface area (TPSA) is 12.0 Å². The van der Waals surface area contributed by atoms with Crippen LogP contribution in [0.5, 0.6) is 0 Å². The maximum absolute atomic E-state index is 3.67. The number of nitrogens with one attached hydrogen (secondary N) is 1. The Morgan fingerprint density at radius 2 is 2.15 bits per heavy atom. The van der Waals surface area contributed by atoms with Gasteiger partial charge < -0.3 is 5.32 Å². The lowest BCUT2D eigenvalue weighted by Gasteiger charge is -2.41. The SMILES string of the molecule is CC(C)NCC1CCC(C)(C)CC1CCc1cccs1. The predicted molar refractivity (Wildman–Crippen MR) is 90.4 cm³/mol. The number of hydrogen-bond acceptors (Lipinski definition) is 2. The summed E-state index contributed by atoms with van der Waals surface area (Å²) in [5, 5.41) is 5.87. The molecule has 0 aromatic carbocycles. The summed E-state index contributed by atoms with van der Waals surface area (Å²) < 4.78 is 0. The van der Waals surface area contributed by atoms with Gasteiger partial charge in [0.15, 0.2) is 0 Å². The van der Waals surface area contributed by atoms with Crippen LogP contribution in [0.2, 0.25) is 0 Å². The third-order valence-corrected chi connectivity index (χ3v) is 5.74. The maximum Gasteiger partial charge on any atom is 0.00453 e. The minimum Gasteiger partial charge on any atom is -0.314 e. The summed E-state index contributed by atoms with van der Waals surface area (Å²) in [4.78, 5) is 1.56. The molecule has 1 nitrogen and oxygen atoms in total. The van der Waals surface area contributed by atoms with Crippen LogP contribution in [0.15, 0.2) is 17.5 Å². The lowest BCUT2D eigenvalue weighted by Crippen LogP contribution is -2.38. The minimum atomic E-state index is 0.550. The van der Waals surface area contributed by atoms with Crippen molar-refractivity contribution >= 4 is 11.3 Å². The zero-order valence-electron chi connectivity index (χ0n) is 13.6. The van der Waals surface area contributed by atoms with Gasteiger partial charge in [-0.3, -0.25) is 0 Å². The molecule has 1 heterocycles. The Hall–Kier alpha value is -0.340. The van der Waals surface area contributed by atoms with Crippen LogP contribution in [0.3, 0.4) is 0 Å². The van der Waals surface area contributed by atoms with Gasteiger partial charge in [0.25, 0.3) is 0 Å². The third-order valence-electron chi connectivity index (χ3n) is 4.80. The van der Waals surface area contributed by atoms with Crippen molar-refractivity contribution in [2.24, 2.45) is 17.3 Å². The molecule has 1 aliphatic carbocycles. The van der Waals surface area contributed by atoms with Crippen LogP contribution in [0, 0.1) is 17.3 Å². The van der Waals surface area contributed by atoms with E-state index in [-0.39, 0.29) is 0 Å². The highest BCUT2D eigenvalue weighted by atomic mass is 32.1. The van der Waals surface area contributed by atoms with Gasteiger partial charge in [-0.2, -0.15) is 0 Å². The lowest BCUT2D eigenvalue weighted by atomic mass is 9.66. The average Bonchev–Trinajstić information content (AvgIpc) is 2.87. The summed E-state index contributed by atoms with van der Waals surface area (Å²) in [5.41, 5.74) is 0.550. The van der Waals surface area contributed by atoms with Gasteiger partial charge in [0.1, 0.15) is 0 Å². The summed E-state index contributed by atoms with van der Waals surface area (Å²) in [7, 11) is 0. The van der Waals surface area contributed by atoms with E-state index in [0.29, 0.717) is 11.5 Å². The molecule has 20 heavy (non-hydrogen) atoms. The lowest BCUT2D eigenvalue weighted by molar-refractivity contribution is 0.109. The number of thiophene rings is 1. The Labute approximate surface area is 129 Å². The summed E-state index contributed by atoms with van der Waals surface area (Å²) in [5.74, 6) is 1.78. The first kappa shape index (κ1) is 16.0. The van der Waals surface area contributed by atoms with Gasteiger partial charge in [-0.15, -0.1) is 11.3 Å². The van der Waals surface area contributed by atoms with Crippen molar-refractivity contribution in [2.75, 3.05) is 6.54 Å². The molecule has 2 atom stereocenters. The second-order valence-corrected chi connectivity index (χ2v) is 8.64. The first-order valence-electron chi connectivity index (χ1n) is 8.22. The second-order valence-electron chi connectivity index (χ2n) is 7.61. The quantitative estimate of drug-likeness (QED) is 0.767. The van der Waals surface area contributed by atoms with Crippen LogP contribution in [-0.2, 0) is 6.42 Å². The molecule has 0 bridgehead atoms. The smallest absolute Gasteiger partial charge is 0.00453 e. The van der Waals surface area contributed by atoms with Gasteiger partial charge in [-0.25, -0.2) is 0 Å². The molecule has 1 saturated carbocycles. The van der Waals surface area contributed by atoms with Gasteiger partial charge in [0.05, 0.1) is 0 Å². The number of rotatable bonds is 6. The van der Waals surface area contributed by atoms with E-state index in [1.165, 1.54) is 38.6 Å². The Kier molecular flexibility index (Phi) is 5.68. The van der Waals surface area contributed by atoms with Crippen LogP contribution in [0.1, 0.15) is 58.3 Å². The highest BCUT2D eigenvalue weighted by Gasteiger charge is 2.34. The van der Waals surface area contributed by atoms with Gasteiger partial charge in [0.2, 0.25) is 0 Å². The molecule has 1 aromatic heterocycles. The molecule has 114 valence electrons. The van der Waals surface area contributed by atoms with E-state index in [1.807, 2.05) is 11.3 Å². The molecule has 0 aliphatic heterocycles. The largest absolute Gasteiger partial charge is 0.314 e. The fourth-order valence-electron chi connectivity index (χ4n) is 3.57. The van der Waals surface area contributed by atoms with Crippen molar-refractivity contribution in [3.63, 3.8) is 0 Å². The van der Waals surface area contributed by atoms with Crippen LogP contribution < -0.4 is 5.32 Å². The van der Waals surface area contributed by atoms with Crippen LogP contribution in [-0.4, -0.2) is 12.6 Å². The van der Waals surface area contributed by atoms with Crippen LogP contribution in [0.4, 0.5) is 0 Å². The molecule has 2 heteroatoms. The molecule has 1 aromatic rings. The van der Waals surface area contributed by atoms with Crippen molar-refractivity contribution in [1.29, 1.82) is 0 Å². The van der Waals surface area contributed by atoms with E-state index in [4.69, 9.17) is 0 Å². The molecule has 1 fully saturated rings. The van der Waals surface area contributed by atoms with E-state index in [1.54, 1.807) is 4.88 Å². The molecule has 0 saturated heterocycles. The van der Waals surface area contributed by atoms with Crippen molar-refractivity contribution in [1.82, 2.24) is 5.32 Å². The standard InChI is InChI=1S/C18H31NS/c1-14(2)19-13-16-9-10-18(3,4)12-15(16)7-8-17-6-5-11-20-17/h5-6,11,14-16,19H,7-10,12-13H2,1-4H3.